The van der Waals surface area contributed by atoms with Gasteiger partial charge in [0.05, 0.1) is 11.9 Å². The van der Waals surface area contributed by atoms with E-state index in [0.717, 1.165) is 12.2 Å². The first kappa shape index (κ1) is 17.0. The molecular weight excluding hydrogens is 233 g/mol. The number of rotatable bonds is 4. The molecule has 0 fully saturated rings. The highest BCUT2D eigenvalue weighted by molar-refractivity contribution is 5.85. The predicted molar refractivity (Wildman–Crippen MR) is 70.4 cm³/mol. The molecule has 0 spiro atoms. The zero-order valence-electron chi connectivity index (χ0n) is 9.73. The number of hydrogen-bond acceptors (Lipinski definition) is 2. The van der Waals surface area contributed by atoms with Gasteiger partial charge < -0.3 is 5.32 Å². The van der Waals surface area contributed by atoms with E-state index in [-0.39, 0.29) is 24.8 Å². The minimum atomic E-state index is 0. The van der Waals surface area contributed by atoms with Gasteiger partial charge in [-0.15, -0.1) is 24.8 Å². The summed E-state index contributed by atoms with van der Waals surface area (Å²) in [6, 6.07) is 0.439. The van der Waals surface area contributed by atoms with E-state index in [1.807, 2.05) is 17.1 Å². The molecule has 90 valence electrons. The minimum absolute atomic E-state index is 0. The molecule has 0 saturated carbocycles. The number of nitrogens with one attached hydrogen (secondary N) is 1. The molecule has 1 N–H and O–H groups in total. The molecule has 5 heteroatoms. The molecule has 15 heavy (non-hydrogen) atoms. The number of aromatic nitrogens is 2. The third-order valence-corrected chi connectivity index (χ3v) is 1.85. The van der Waals surface area contributed by atoms with Crippen LogP contribution in [0.25, 0.3) is 0 Å². The lowest BCUT2D eigenvalue weighted by atomic mass is 10.2. The zero-order chi connectivity index (χ0) is 9.84. The van der Waals surface area contributed by atoms with Crippen molar-refractivity contribution in [2.75, 3.05) is 11.9 Å². The van der Waals surface area contributed by atoms with E-state index >= 15 is 0 Å². The van der Waals surface area contributed by atoms with Crippen LogP contribution in [-0.2, 0) is 0 Å². The highest BCUT2D eigenvalue weighted by atomic mass is 35.5. The Morgan fingerprint density at radius 3 is 2.27 bits per heavy atom. The molecule has 0 radical (unpaired) electrons. The maximum absolute atomic E-state index is 4.25. The molecule has 1 aromatic heterocycles. The number of hydrogen-bond donors (Lipinski definition) is 1. The van der Waals surface area contributed by atoms with E-state index < -0.39 is 0 Å². The maximum atomic E-state index is 4.25. The van der Waals surface area contributed by atoms with E-state index in [4.69, 9.17) is 0 Å². The summed E-state index contributed by atoms with van der Waals surface area (Å²) in [5.41, 5.74) is 1.11. The van der Waals surface area contributed by atoms with Crippen molar-refractivity contribution >= 4 is 30.5 Å². The van der Waals surface area contributed by atoms with Crippen molar-refractivity contribution in [1.82, 2.24) is 9.78 Å². The van der Waals surface area contributed by atoms with Crippen molar-refractivity contribution in [3.8, 4) is 0 Å². The lowest BCUT2D eigenvalue weighted by molar-refractivity contribution is 0.532. The van der Waals surface area contributed by atoms with Crippen LogP contribution in [0.3, 0.4) is 0 Å². The molecule has 0 saturated heterocycles. The van der Waals surface area contributed by atoms with Gasteiger partial charge >= 0.3 is 0 Å². The summed E-state index contributed by atoms with van der Waals surface area (Å²) < 4.78 is 1.96. The van der Waals surface area contributed by atoms with Gasteiger partial charge in [0, 0.05) is 18.8 Å². The van der Waals surface area contributed by atoms with Crippen LogP contribution in [0.1, 0.15) is 33.7 Å². The standard InChI is InChI=1S/C10H19N3.2ClH/c1-8(2)5-11-10-6-12-13(7-10)9(3)4;;/h6-9,11H,5H2,1-4H3;2*1H. The largest absolute Gasteiger partial charge is 0.382 e. The number of halogens is 2. The SMILES string of the molecule is CC(C)CNc1cnn(C(C)C)c1.Cl.Cl. The molecular formula is C10H21Cl2N3. The summed E-state index contributed by atoms with van der Waals surface area (Å²) in [5.74, 6) is 0.669. The molecule has 0 bridgehead atoms. The van der Waals surface area contributed by atoms with Crippen molar-refractivity contribution in [3.63, 3.8) is 0 Å². The van der Waals surface area contributed by atoms with Crippen LogP contribution >= 0.6 is 24.8 Å². The Kier molecular flexibility index (Phi) is 8.87. The molecule has 1 rings (SSSR count). The van der Waals surface area contributed by atoms with Gasteiger partial charge in [-0.2, -0.15) is 5.10 Å². The molecule has 0 unspecified atom stereocenters. The Balaban J connectivity index is 0. The Bertz CT molecular complexity index is 259. The summed E-state index contributed by atoms with van der Waals surface area (Å²) in [6.07, 6.45) is 3.93. The molecule has 0 aliphatic heterocycles. The lowest BCUT2D eigenvalue weighted by Crippen LogP contribution is -2.07. The van der Waals surface area contributed by atoms with Gasteiger partial charge in [-0.3, -0.25) is 4.68 Å². The Labute approximate surface area is 104 Å². The normalized spacial score (nSPS) is 9.73. The van der Waals surface area contributed by atoms with Crippen molar-refractivity contribution in [2.45, 2.75) is 33.7 Å². The minimum Gasteiger partial charge on any atom is -0.382 e. The average molecular weight is 254 g/mol. The topological polar surface area (TPSA) is 29.9 Å². The van der Waals surface area contributed by atoms with Crippen molar-refractivity contribution < 1.29 is 0 Å². The second-order valence-electron chi connectivity index (χ2n) is 4.08. The Morgan fingerprint density at radius 2 is 1.87 bits per heavy atom. The molecule has 0 aliphatic carbocycles. The molecule has 0 aliphatic rings. The number of anilines is 1. The molecule has 1 aromatic rings. The van der Waals surface area contributed by atoms with Crippen LogP contribution in [0.15, 0.2) is 12.4 Å². The Morgan fingerprint density at radius 1 is 1.27 bits per heavy atom. The molecule has 0 amide bonds. The van der Waals surface area contributed by atoms with E-state index in [0.29, 0.717) is 12.0 Å². The maximum Gasteiger partial charge on any atom is 0.0726 e. The summed E-state index contributed by atoms with van der Waals surface area (Å²) in [4.78, 5) is 0. The summed E-state index contributed by atoms with van der Waals surface area (Å²) in [5, 5.41) is 7.58. The van der Waals surface area contributed by atoms with Crippen molar-refractivity contribution in [3.05, 3.63) is 12.4 Å². The van der Waals surface area contributed by atoms with Gasteiger partial charge in [0.2, 0.25) is 0 Å². The number of nitrogens with zero attached hydrogens (tertiary/aromatic N) is 2. The summed E-state index contributed by atoms with van der Waals surface area (Å²) >= 11 is 0. The van der Waals surface area contributed by atoms with Crippen LogP contribution < -0.4 is 5.32 Å². The Hall–Kier alpha value is -0.410. The summed E-state index contributed by atoms with van der Waals surface area (Å²) in [6.45, 7) is 9.64. The quantitative estimate of drug-likeness (QED) is 0.892. The van der Waals surface area contributed by atoms with E-state index in [9.17, 15) is 0 Å². The first-order valence-electron chi connectivity index (χ1n) is 4.87. The first-order chi connectivity index (χ1) is 6.09. The van der Waals surface area contributed by atoms with Gasteiger partial charge in [-0.1, -0.05) is 13.8 Å². The van der Waals surface area contributed by atoms with E-state index in [2.05, 4.69) is 38.1 Å². The van der Waals surface area contributed by atoms with Gasteiger partial charge in [0.1, 0.15) is 0 Å². The molecule has 3 nitrogen and oxygen atoms in total. The molecule has 0 aromatic carbocycles. The fraction of sp³-hybridized carbons (Fsp3) is 0.700. The third kappa shape index (κ3) is 5.90. The third-order valence-electron chi connectivity index (χ3n) is 1.85. The average Bonchev–Trinajstić information content (AvgIpc) is 2.48. The zero-order valence-corrected chi connectivity index (χ0v) is 11.4. The second-order valence-corrected chi connectivity index (χ2v) is 4.08. The van der Waals surface area contributed by atoms with E-state index in [1.165, 1.54) is 0 Å². The van der Waals surface area contributed by atoms with Crippen LogP contribution in [0.5, 0.6) is 0 Å². The first-order valence-corrected chi connectivity index (χ1v) is 4.87. The van der Waals surface area contributed by atoms with Crippen LogP contribution in [-0.4, -0.2) is 16.3 Å². The highest BCUT2D eigenvalue weighted by Gasteiger charge is 2.01. The highest BCUT2D eigenvalue weighted by Crippen LogP contribution is 2.10. The second kappa shape index (κ2) is 7.83. The van der Waals surface area contributed by atoms with Crippen molar-refractivity contribution in [1.29, 1.82) is 0 Å². The van der Waals surface area contributed by atoms with Crippen LogP contribution in [0.4, 0.5) is 5.69 Å². The van der Waals surface area contributed by atoms with Gasteiger partial charge in [-0.05, 0) is 19.8 Å². The van der Waals surface area contributed by atoms with Gasteiger partial charge in [-0.25, -0.2) is 0 Å². The van der Waals surface area contributed by atoms with E-state index in [1.54, 1.807) is 0 Å². The van der Waals surface area contributed by atoms with Gasteiger partial charge in [0.25, 0.3) is 0 Å². The van der Waals surface area contributed by atoms with Crippen molar-refractivity contribution in [2.24, 2.45) is 5.92 Å². The summed E-state index contributed by atoms with van der Waals surface area (Å²) in [7, 11) is 0. The molecule has 0 atom stereocenters. The fourth-order valence-corrected chi connectivity index (χ4v) is 1.03. The molecule has 1 heterocycles. The lowest BCUT2D eigenvalue weighted by Gasteiger charge is -2.06. The predicted octanol–water partition coefficient (Wildman–Crippen LogP) is 3.38. The van der Waals surface area contributed by atoms with Crippen LogP contribution in [0, 0.1) is 5.92 Å². The fourth-order valence-electron chi connectivity index (χ4n) is 1.03. The van der Waals surface area contributed by atoms with Crippen LogP contribution in [0.2, 0.25) is 0 Å². The smallest absolute Gasteiger partial charge is 0.0726 e. The monoisotopic (exact) mass is 253 g/mol. The van der Waals surface area contributed by atoms with Gasteiger partial charge in [0.15, 0.2) is 0 Å².